The van der Waals surface area contributed by atoms with E-state index < -0.39 is 0 Å². The van der Waals surface area contributed by atoms with Crippen molar-refractivity contribution in [2.75, 3.05) is 0 Å². The van der Waals surface area contributed by atoms with Crippen LogP contribution in [-0.4, -0.2) is 5.84 Å². The number of benzene rings is 1. The molecule has 0 spiro atoms. The van der Waals surface area contributed by atoms with Gasteiger partial charge >= 0.3 is 0 Å². The summed E-state index contributed by atoms with van der Waals surface area (Å²) < 4.78 is 13.3. The van der Waals surface area contributed by atoms with Crippen LogP contribution in [0.1, 0.15) is 11.1 Å². The van der Waals surface area contributed by atoms with Gasteiger partial charge in [0, 0.05) is 12.1 Å². The molecule has 0 saturated heterocycles. The van der Waals surface area contributed by atoms with Crippen LogP contribution in [0.3, 0.4) is 0 Å². The number of allylic oxidation sites excluding steroid dienone is 1. The maximum absolute atomic E-state index is 13.3. The monoisotopic (exact) mass is 176 g/mol. The van der Waals surface area contributed by atoms with E-state index in [1.54, 1.807) is 6.07 Å². The quantitative estimate of drug-likeness (QED) is 0.640. The molecule has 1 aliphatic heterocycles. The molecule has 0 saturated carbocycles. The summed E-state index contributed by atoms with van der Waals surface area (Å²) >= 11 is 0. The molecule has 2 rings (SSSR count). The molecular formula is C10H9FN2. The Balaban J connectivity index is 2.67. The number of rotatable bonds is 0. The third-order valence-corrected chi connectivity index (χ3v) is 2.03. The molecule has 66 valence electrons. The molecular weight excluding hydrogens is 167 g/mol. The predicted octanol–water partition coefficient (Wildman–Crippen LogP) is 1.60. The van der Waals surface area contributed by atoms with Crippen molar-refractivity contribution in [3.63, 3.8) is 0 Å². The van der Waals surface area contributed by atoms with E-state index in [-0.39, 0.29) is 11.7 Å². The summed E-state index contributed by atoms with van der Waals surface area (Å²) in [5.41, 5.74) is 7.55. The molecule has 1 heterocycles. The van der Waals surface area contributed by atoms with Crippen LogP contribution >= 0.6 is 0 Å². The lowest BCUT2D eigenvalue weighted by atomic mass is 9.99. The van der Waals surface area contributed by atoms with Crippen molar-refractivity contribution in [1.29, 1.82) is 0 Å². The van der Waals surface area contributed by atoms with E-state index in [1.807, 2.05) is 6.07 Å². The van der Waals surface area contributed by atoms with Gasteiger partial charge in [-0.3, -0.25) is 0 Å². The summed E-state index contributed by atoms with van der Waals surface area (Å²) in [6.45, 7) is 3.70. The third-order valence-electron chi connectivity index (χ3n) is 2.03. The number of aliphatic imine (C=N–C) groups is 1. The van der Waals surface area contributed by atoms with Crippen molar-refractivity contribution >= 4 is 5.84 Å². The van der Waals surface area contributed by atoms with Crippen LogP contribution in [0.2, 0.25) is 0 Å². The highest BCUT2D eigenvalue weighted by molar-refractivity contribution is 6.00. The maximum Gasteiger partial charge on any atom is 0.134 e. The molecule has 1 aliphatic rings. The molecule has 0 fully saturated rings. The highest BCUT2D eigenvalue weighted by Gasteiger charge is 2.16. The van der Waals surface area contributed by atoms with Crippen molar-refractivity contribution < 1.29 is 4.39 Å². The molecule has 0 aliphatic carbocycles. The Morgan fingerprint density at radius 3 is 3.00 bits per heavy atom. The van der Waals surface area contributed by atoms with Crippen LogP contribution in [0.15, 0.2) is 35.5 Å². The van der Waals surface area contributed by atoms with Crippen LogP contribution in [-0.2, 0) is 6.42 Å². The Morgan fingerprint density at radius 2 is 2.23 bits per heavy atom. The highest BCUT2D eigenvalue weighted by Crippen LogP contribution is 2.21. The Labute approximate surface area is 75.6 Å². The molecule has 1 aromatic carbocycles. The second kappa shape index (κ2) is 2.69. The largest absolute Gasteiger partial charge is 0.383 e. The van der Waals surface area contributed by atoms with E-state index in [4.69, 9.17) is 5.73 Å². The first-order chi connectivity index (χ1) is 6.18. The van der Waals surface area contributed by atoms with Crippen molar-refractivity contribution in [1.82, 2.24) is 0 Å². The van der Waals surface area contributed by atoms with Crippen LogP contribution in [0.5, 0.6) is 0 Å². The van der Waals surface area contributed by atoms with Crippen LogP contribution < -0.4 is 5.73 Å². The molecule has 0 atom stereocenters. The zero-order valence-corrected chi connectivity index (χ0v) is 7.05. The smallest absolute Gasteiger partial charge is 0.134 e. The lowest BCUT2D eigenvalue weighted by Crippen LogP contribution is -2.21. The fraction of sp³-hybridized carbons (Fsp3) is 0.100. The van der Waals surface area contributed by atoms with Gasteiger partial charge in [-0.2, -0.15) is 0 Å². The summed E-state index contributed by atoms with van der Waals surface area (Å²) in [6.07, 6.45) is 0.577. The Kier molecular flexibility index (Phi) is 1.65. The number of nitrogens with two attached hydrogens (primary N) is 1. The van der Waals surface area contributed by atoms with Gasteiger partial charge < -0.3 is 5.73 Å². The summed E-state index contributed by atoms with van der Waals surface area (Å²) in [4.78, 5) is 3.94. The molecule has 2 nitrogen and oxygen atoms in total. The van der Waals surface area contributed by atoms with Crippen molar-refractivity contribution in [3.8, 4) is 0 Å². The minimum atomic E-state index is -0.314. The summed E-state index contributed by atoms with van der Waals surface area (Å²) in [5.74, 6) is -0.0874. The zero-order valence-electron chi connectivity index (χ0n) is 7.05. The standard InChI is InChI=1S/C10H9FN2/c1-6-5-7-3-2-4-8(11)9(7)10(12)13-6/h2-4H,1,5H2,(H2,12,13). The van der Waals surface area contributed by atoms with Gasteiger partial charge in [-0.1, -0.05) is 18.7 Å². The second-order valence-corrected chi connectivity index (χ2v) is 3.01. The van der Waals surface area contributed by atoms with E-state index >= 15 is 0 Å². The SMILES string of the molecule is C=C1Cc2cccc(F)c2C(N)=N1. The molecule has 0 bridgehead atoms. The number of halogens is 1. The van der Waals surface area contributed by atoms with E-state index in [2.05, 4.69) is 11.6 Å². The van der Waals surface area contributed by atoms with Gasteiger partial charge in [0.25, 0.3) is 0 Å². The van der Waals surface area contributed by atoms with Crippen LogP contribution in [0.25, 0.3) is 0 Å². The minimum Gasteiger partial charge on any atom is -0.383 e. The zero-order chi connectivity index (χ0) is 9.42. The van der Waals surface area contributed by atoms with Gasteiger partial charge in [0.1, 0.15) is 11.7 Å². The Morgan fingerprint density at radius 1 is 1.46 bits per heavy atom. The number of hydrogen-bond donors (Lipinski definition) is 1. The predicted molar refractivity (Wildman–Crippen MR) is 50.0 cm³/mol. The van der Waals surface area contributed by atoms with E-state index in [9.17, 15) is 4.39 Å². The fourth-order valence-corrected chi connectivity index (χ4v) is 1.49. The first kappa shape index (κ1) is 7.98. The van der Waals surface area contributed by atoms with E-state index in [0.29, 0.717) is 17.7 Å². The molecule has 0 aromatic heterocycles. The number of amidine groups is 1. The summed E-state index contributed by atoms with van der Waals surface area (Å²) in [7, 11) is 0. The first-order valence-corrected chi connectivity index (χ1v) is 3.98. The fourth-order valence-electron chi connectivity index (χ4n) is 1.49. The van der Waals surface area contributed by atoms with E-state index in [1.165, 1.54) is 6.07 Å². The summed E-state index contributed by atoms with van der Waals surface area (Å²) in [6, 6.07) is 4.89. The van der Waals surface area contributed by atoms with Crippen molar-refractivity contribution in [3.05, 3.63) is 47.4 Å². The number of fused-ring (bicyclic) bond motifs is 1. The lowest BCUT2D eigenvalue weighted by molar-refractivity contribution is 0.622. The average molecular weight is 176 g/mol. The van der Waals surface area contributed by atoms with Gasteiger partial charge in [-0.25, -0.2) is 9.38 Å². The van der Waals surface area contributed by atoms with Crippen molar-refractivity contribution in [2.45, 2.75) is 6.42 Å². The van der Waals surface area contributed by atoms with Gasteiger partial charge in [0.15, 0.2) is 0 Å². The molecule has 0 amide bonds. The first-order valence-electron chi connectivity index (χ1n) is 3.98. The van der Waals surface area contributed by atoms with Crippen LogP contribution in [0.4, 0.5) is 4.39 Å². The third kappa shape index (κ3) is 1.22. The average Bonchev–Trinajstić information content (AvgIpc) is 2.02. The van der Waals surface area contributed by atoms with Crippen molar-refractivity contribution in [2.24, 2.45) is 10.7 Å². The van der Waals surface area contributed by atoms with Gasteiger partial charge in [0.2, 0.25) is 0 Å². The second-order valence-electron chi connectivity index (χ2n) is 3.01. The normalized spacial score (nSPS) is 15.2. The Hall–Kier alpha value is -1.64. The van der Waals surface area contributed by atoms with Crippen LogP contribution in [0, 0.1) is 5.82 Å². The molecule has 0 radical (unpaired) electrons. The molecule has 2 N–H and O–H groups in total. The molecule has 1 aromatic rings. The van der Waals surface area contributed by atoms with Gasteiger partial charge in [0.05, 0.1) is 5.56 Å². The summed E-state index contributed by atoms with van der Waals surface area (Å²) in [5, 5.41) is 0. The minimum absolute atomic E-state index is 0.226. The molecule has 3 heteroatoms. The van der Waals surface area contributed by atoms with Gasteiger partial charge in [-0.05, 0) is 11.6 Å². The molecule has 13 heavy (non-hydrogen) atoms. The maximum atomic E-state index is 13.3. The van der Waals surface area contributed by atoms with Gasteiger partial charge in [-0.15, -0.1) is 0 Å². The Bertz CT molecular complexity index is 407. The molecule has 0 unspecified atom stereocenters. The lowest BCUT2D eigenvalue weighted by Gasteiger charge is -2.15. The number of nitrogens with zero attached hydrogens (tertiary/aromatic N) is 1. The highest BCUT2D eigenvalue weighted by atomic mass is 19.1. The topological polar surface area (TPSA) is 38.4 Å². The van der Waals surface area contributed by atoms with E-state index in [0.717, 1.165) is 5.56 Å². The number of hydrogen-bond acceptors (Lipinski definition) is 2.